The van der Waals surface area contributed by atoms with Gasteiger partial charge in [-0.2, -0.15) is 0 Å². The summed E-state index contributed by atoms with van der Waals surface area (Å²) in [6.07, 6.45) is 1.76. The first-order valence-corrected chi connectivity index (χ1v) is 7.12. The lowest BCUT2D eigenvalue weighted by Crippen LogP contribution is -2.35. The number of nitrogens with zero attached hydrogens (tertiary/aromatic N) is 2. The molecule has 0 unspecified atom stereocenters. The number of rotatable bonds is 8. The fourth-order valence-electron chi connectivity index (χ4n) is 1.55. The van der Waals surface area contributed by atoms with Gasteiger partial charge < -0.3 is 15.5 Å². The maximum atomic E-state index is 11.6. The van der Waals surface area contributed by atoms with E-state index in [0.29, 0.717) is 11.7 Å². The average Bonchev–Trinajstić information content (AvgIpc) is 2.75. The highest BCUT2D eigenvalue weighted by Gasteiger charge is 2.05. The average molecular weight is 270 g/mol. The third-order valence-corrected chi connectivity index (χ3v) is 3.48. The number of hydrogen-bond donors (Lipinski definition) is 2. The molecule has 1 rings (SSSR count). The van der Waals surface area contributed by atoms with E-state index in [2.05, 4.69) is 34.4 Å². The van der Waals surface area contributed by atoms with Gasteiger partial charge >= 0.3 is 0 Å². The van der Waals surface area contributed by atoms with Gasteiger partial charge in [0.25, 0.3) is 0 Å². The summed E-state index contributed by atoms with van der Waals surface area (Å²) in [5.74, 6) is -0.0381. The Balaban J connectivity index is 2.14. The number of aromatic nitrogens is 1. The highest BCUT2D eigenvalue weighted by atomic mass is 32.1. The molecule has 0 bridgehead atoms. The van der Waals surface area contributed by atoms with E-state index in [-0.39, 0.29) is 5.91 Å². The molecule has 6 heteroatoms. The largest absolute Gasteiger partial charge is 0.307 e. The first kappa shape index (κ1) is 15.1. The van der Waals surface area contributed by atoms with E-state index < -0.39 is 0 Å². The number of hydrogen-bond acceptors (Lipinski definition) is 5. The van der Waals surface area contributed by atoms with Crippen molar-refractivity contribution in [2.24, 2.45) is 0 Å². The molecule has 1 amide bonds. The summed E-state index contributed by atoms with van der Waals surface area (Å²) in [4.78, 5) is 19.1. The number of thiazole rings is 1. The van der Waals surface area contributed by atoms with Crippen LogP contribution in [-0.2, 0) is 4.79 Å². The zero-order valence-electron chi connectivity index (χ0n) is 11.3. The molecule has 5 nitrogen and oxygen atoms in total. The standard InChI is InChI=1S/C12H22N4OS/c1-4-16(5-2)7-6-13-9-11(17)15-12-14-8-10(3)18-12/h8,13H,4-7,9H2,1-3H3,(H,14,15,17). The van der Waals surface area contributed by atoms with Crippen molar-refractivity contribution in [3.8, 4) is 0 Å². The summed E-state index contributed by atoms with van der Waals surface area (Å²) in [7, 11) is 0. The summed E-state index contributed by atoms with van der Waals surface area (Å²) in [6, 6.07) is 0. The minimum Gasteiger partial charge on any atom is -0.307 e. The van der Waals surface area contributed by atoms with Crippen molar-refractivity contribution >= 4 is 22.4 Å². The Morgan fingerprint density at radius 1 is 1.44 bits per heavy atom. The van der Waals surface area contributed by atoms with Gasteiger partial charge in [-0.25, -0.2) is 4.98 Å². The van der Waals surface area contributed by atoms with Crippen LogP contribution in [0.3, 0.4) is 0 Å². The third kappa shape index (κ3) is 5.57. The van der Waals surface area contributed by atoms with Crippen molar-refractivity contribution < 1.29 is 4.79 Å². The Kier molecular flexibility index (Phi) is 6.85. The lowest BCUT2D eigenvalue weighted by Gasteiger charge is -2.17. The molecule has 102 valence electrons. The van der Waals surface area contributed by atoms with Crippen molar-refractivity contribution in [1.29, 1.82) is 0 Å². The van der Waals surface area contributed by atoms with Crippen molar-refractivity contribution in [3.05, 3.63) is 11.1 Å². The molecular formula is C12H22N4OS. The van der Waals surface area contributed by atoms with Gasteiger partial charge in [0.05, 0.1) is 6.54 Å². The van der Waals surface area contributed by atoms with E-state index in [1.165, 1.54) is 11.3 Å². The van der Waals surface area contributed by atoms with Crippen LogP contribution >= 0.6 is 11.3 Å². The van der Waals surface area contributed by atoms with Crippen LogP contribution in [0.2, 0.25) is 0 Å². The van der Waals surface area contributed by atoms with Crippen LogP contribution in [0.5, 0.6) is 0 Å². The second-order valence-electron chi connectivity index (χ2n) is 4.03. The summed E-state index contributed by atoms with van der Waals surface area (Å²) in [5.41, 5.74) is 0. The molecule has 18 heavy (non-hydrogen) atoms. The quantitative estimate of drug-likeness (QED) is 0.700. The first-order chi connectivity index (χ1) is 8.65. The summed E-state index contributed by atoms with van der Waals surface area (Å²) in [6.45, 7) is 10.5. The molecule has 0 aliphatic carbocycles. The van der Waals surface area contributed by atoms with Crippen LogP contribution in [0.1, 0.15) is 18.7 Å². The van der Waals surface area contributed by atoms with Crippen molar-refractivity contribution in [2.75, 3.05) is 38.0 Å². The molecule has 0 fully saturated rings. The Morgan fingerprint density at radius 3 is 2.72 bits per heavy atom. The van der Waals surface area contributed by atoms with Gasteiger partial charge in [0, 0.05) is 24.2 Å². The van der Waals surface area contributed by atoms with Crippen LogP contribution in [0, 0.1) is 6.92 Å². The van der Waals surface area contributed by atoms with Crippen LogP contribution in [0.15, 0.2) is 6.20 Å². The first-order valence-electron chi connectivity index (χ1n) is 6.31. The lowest BCUT2D eigenvalue weighted by molar-refractivity contribution is -0.115. The maximum Gasteiger partial charge on any atom is 0.240 e. The topological polar surface area (TPSA) is 57.3 Å². The van der Waals surface area contributed by atoms with Crippen LogP contribution < -0.4 is 10.6 Å². The second kappa shape index (κ2) is 8.18. The maximum absolute atomic E-state index is 11.6. The lowest BCUT2D eigenvalue weighted by atomic mass is 10.4. The number of aryl methyl sites for hydroxylation is 1. The number of likely N-dealkylation sites (N-methyl/N-ethyl adjacent to an activating group) is 1. The molecule has 0 aliphatic rings. The molecule has 1 heterocycles. The smallest absolute Gasteiger partial charge is 0.240 e. The van der Waals surface area contributed by atoms with Gasteiger partial charge in [0.2, 0.25) is 5.91 Å². The van der Waals surface area contributed by atoms with E-state index >= 15 is 0 Å². The molecule has 0 spiro atoms. The molecule has 1 aromatic heterocycles. The number of amides is 1. The summed E-state index contributed by atoms with van der Waals surface area (Å²) >= 11 is 1.49. The van der Waals surface area contributed by atoms with Crippen molar-refractivity contribution in [3.63, 3.8) is 0 Å². The monoisotopic (exact) mass is 270 g/mol. The van der Waals surface area contributed by atoms with Crippen LogP contribution in [0.4, 0.5) is 5.13 Å². The second-order valence-corrected chi connectivity index (χ2v) is 5.26. The Morgan fingerprint density at radius 2 is 2.17 bits per heavy atom. The molecule has 0 radical (unpaired) electrons. The van der Waals surface area contributed by atoms with E-state index in [9.17, 15) is 4.79 Å². The molecular weight excluding hydrogens is 248 g/mol. The van der Waals surface area contributed by atoms with E-state index in [4.69, 9.17) is 0 Å². The minimum atomic E-state index is -0.0381. The van der Waals surface area contributed by atoms with Crippen molar-refractivity contribution in [2.45, 2.75) is 20.8 Å². The Labute approximate surface area is 113 Å². The van der Waals surface area contributed by atoms with Gasteiger partial charge in [0.1, 0.15) is 0 Å². The van der Waals surface area contributed by atoms with E-state index in [1.54, 1.807) is 6.20 Å². The molecule has 0 aromatic carbocycles. The number of carbonyl (C=O) groups excluding carboxylic acids is 1. The number of carbonyl (C=O) groups is 1. The highest BCUT2D eigenvalue weighted by molar-refractivity contribution is 7.15. The Bertz CT molecular complexity index is 363. The zero-order chi connectivity index (χ0) is 13.4. The molecule has 0 saturated heterocycles. The van der Waals surface area contributed by atoms with Gasteiger partial charge in [-0.3, -0.25) is 4.79 Å². The SMILES string of the molecule is CCN(CC)CCNCC(=O)Nc1ncc(C)s1. The number of anilines is 1. The predicted molar refractivity (Wildman–Crippen MR) is 76.1 cm³/mol. The van der Waals surface area contributed by atoms with Crippen molar-refractivity contribution in [1.82, 2.24) is 15.2 Å². The van der Waals surface area contributed by atoms with Gasteiger partial charge in [0.15, 0.2) is 5.13 Å². The van der Waals surface area contributed by atoms with Gasteiger partial charge in [-0.05, 0) is 20.0 Å². The third-order valence-electron chi connectivity index (χ3n) is 2.65. The van der Waals surface area contributed by atoms with E-state index in [1.807, 2.05) is 6.92 Å². The van der Waals surface area contributed by atoms with Crippen LogP contribution in [-0.4, -0.2) is 48.5 Å². The normalized spacial score (nSPS) is 10.9. The summed E-state index contributed by atoms with van der Waals surface area (Å²) < 4.78 is 0. The molecule has 1 aromatic rings. The molecule has 0 aliphatic heterocycles. The fraction of sp³-hybridized carbons (Fsp3) is 0.667. The van der Waals surface area contributed by atoms with E-state index in [0.717, 1.165) is 31.1 Å². The number of nitrogens with one attached hydrogen (secondary N) is 2. The predicted octanol–water partition coefficient (Wildman–Crippen LogP) is 1.32. The minimum absolute atomic E-state index is 0.0381. The Hall–Kier alpha value is -0.980. The molecule has 0 atom stereocenters. The van der Waals surface area contributed by atoms with Crippen LogP contribution in [0.25, 0.3) is 0 Å². The zero-order valence-corrected chi connectivity index (χ0v) is 12.1. The molecule has 2 N–H and O–H groups in total. The summed E-state index contributed by atoms with van der Waals surface area (Å²) in [5, 5.41) is 6.58. The molecule has 0 saturated carbocycles. The van der Waals surface area contributed by atoms with Gasteiger partial charge in [-0.1, -0.05) is 13.8 Å². The highest BCUT2D eigenvalue weighted by Crippen LogP contribution is 2.15. The fourth-order valence-corrected chi connectivity index (χ4v) is 2.24. The van der Waals surface area contributed by atoms with Gasteiger partial charge in [-0.15, -0.1) is 11.3 Å².